The molecular formula is C25H30N6O3. The fourth-order valence-electron chi connectivity index (χ4n) is 4.90. The zero-order valence-electron chi connectivity index (χ0n) is 19.9. The second-order valence-corrected chi connectivity index (χ2v) is 8.71. The third-order valence-corrected chi connectivity index (χ3v) is 6.53. The molecule has 1 N–H and O–H groups in total. The van der Waals surface area contributed by atoms with Gasteiger partial charge in [0.25, 0.3) is 0 Å². The van der Waals surface area contributed by atoms with Gasteiger partial charge in [-0.25, -0.2) is 0 Å². The monoisotopic (exact) mass is 462 g/mol. The van der Waals surface area contributed by atoms with Crippen LogP contribution in [0.5, 0.6) is 11.5 Å². The molecule has 2 aliphatic rings. The van der Waals surface area contributed by atoms with Gasteiger partial charge in [0.2, 0.25) is 5.91 Å². The second-order valence-electron chi connectivity index (χ2n) is 8.71. The van der Waals surface area contributed by atoms with Crippen LogP contribution in [0.25, 0.3) is 5.82 Å². The molecule has 4 heterocycles. The Hall–Kier alpha value is -3.62. The molecule has 9 nitrogen and oxygen atoms in total. The summed E-state index contributed by atoms with van der Waals surface area (Å²) in [4.78, 5) is 15.0. The fraction of sp³-hybridized carbons (Fsp3) is 0.440. The third-order valence-electron chi connectivity index (χ3n) is 6.53. The number of nitrogens with zero attached hydrogens (tertiary/aromatic N) is 5. The normalized spacial score (nSPS) is 17.8. The number of carbonyl (C=O) groups excluding carboxylic acids is 1. The number of hydrogen-bond donors (Lipinski definition) is 1. The van der Waals surface area contributed by atoms with E-state index in [-0.39, 0.29) is 11.8 Å². The van der Waals surface area contributed by atoms with Crippen molar-refractivity contribution in [2.45, 2.75) is 45.4 Å². The van der Waals surface area contributed by atoms with Crippen LogP contribution in [0.15, 0.2) is 30.3 Å². The molecular weight excluding hydrogens is 432 g/mol. The van der Waals surface area contributed by atoms with E-state index in [9.17, 15) is 4.79 Å². The molecule has 0 radical (unpaired) electrons. The first-order chi connectivity index (χ1) is 16.6. The van der Waals surface area contributed by atoms with Gasteiger partial charge in [0.1, 0.15) is 5.82 Å². The zero-order valence-corrected chi connectivity index (χ0v) is 19.9. The first-order valence-corrected chi connectivity index (χ1v) is 11.9. The molecule has 1 aromatic carbocycles. The van der Waals surface area contributed by atoms with Gasteiger partial charge in [-0.15, -0.1) is 10.2 Å². The molecule has 2 aromatic heterocycles. The molecule has 1 saturated heterocycles. The Morgan fingerprint density at radius 3 is 2.53 bits per heavy atom. The van der Waals surface area contributed by atoms with E-state index in [2.05, 4.69) is 20.4 Å². The number of benzene rings is 1. The van der Waals surface area contributed by atoms with Crippen molar-refractivity contribution in [1.82, 2.24) is 20.0 Å². The number of rotatable bonds is 6. The lowest BCUT2D eigenvalue weighted by molar-refractivity contribution is -0.116. The van der Waals surface area contributed by atoms with Crippen molar-refractivity contribution in [2.75, 3.05) is 37.0 Å². The summed E-state index contributed by atoms with van der Waals surface area (Å²) >= 11 is 0. The molecule has 2 aliphatic heterocycles. The molecule has 1 atom stereocenters. The molecule has 0 spiro atoms. The summed E-state index contributed by atoms with van der Waals surface area (Å²) in [6, 6.07) is 9.73. The Labute approximate surface area is 199 Å². The van der Waals surface area contributed by atoms with E-state index in [4.69, 9.17) is 14.6 Å². The Morgan fingerprint density at radius 2 is 1.82 bits per heavy atom. The van der Waals surface area contributed by atoms with Gasteiger partial charge in [0.05, 0.1) is 19.4 Å². The SMILES string of the molecule is CCOc1ccc([C@H]2CC(=O)Nc3c2c(C)nn3-c2ccc(N3CCCCC3)nn2)cc1OC. The average Bonchev–Trinajstić information content (AvgIpc) is 3.20. The molecule has 0 bridgehead atoms. The van der Waals surface area contributed by atoms with Crippen LogP contribution in [0, 0.1) is 6.92 Å². The van der Waals surface area contributed by atoms with E-state index < -0.39 is 0 Å². The van der Waals surface area contributed by atoms with E-state index in [1.54, 1.807) is 11.8 Å². The quantitative estimate of drug-likeness (QED) is 0.595. The number of fused-ring (bicyclic) bond motifs is 1. The van der Waals surface area contributed by atoms with Gasteiger partial charge >= 0.3 is 0 Å². The predicted molar refractivity (Wildman–Crippen MR) is 129 cm³/mol. The lowest BCUT2D eigenvalue weighted by atomic mass is 9.85. The Kier molecular flexibility index (Phi) is 6.08. The second kappa shape index (κ2) is 9.32. The van der Waals surface area contributed by atoms with Crippen LogP contribution < -0.4 is 19.7 Å². The van der Waals surface area contributed by atoms with Crippen LogP contribution in [0.4, 0.5) is 11.6 Å². The van der Waals surface area contributed by atoms with Crippen LogP contribution in [-0.2, 0) is 4.79 Å². The first kappa shape index (κ1) is 22.2. The zero-order chi connectivity index (χ0) is 23.7. The molecule has 0 unspecified atom stereocenters. The van der Waals surface area contributed by atoms with E-state index in [1.165, 1.54) is 19.3 Å². The van der Waals surface area contributed by atoms with Crippen molar-refractivity contribution >= 4 is 17.5 Å². The van der Waals surface area contributed by atoms with Crippen molar-refractivity contribution in [2.24, 2.45) is 0 Å². The van der Waals surface area contributed by atoms with Gasteiger partial charge in [-0.3, -0.25) is 4.79 Å². The maximum absolute atomic E-state index is 12.7. The minimum absolute atomic E-state index is 0.0654. The first-order valence-electron chi connectivity index (χ1n) is 11.9. The summed E-state index contributed by atoms with van der Waals surface area (Å²) in [5.74, 6) is 3.22. The standard InChI is InChI=1S/C25H30N6O3/c1-4-34-19-9-8-17(14-20(19)33-3)18-15-23(32)26-25-24(18)16(2)29-31(25)22-11-10-21(27-28-22)30-12-6-5-7-13-30/h8-11,14,18H,4-7,12-13,15H2,1-3H3,(H,26,32)/t18-/m1/s1. The number of methoxy groups -OCH3 is 1. The number of ether oxygens (including phenoxy) is 2. The minimum atomic E-state index is -0.150. The van der Waals surface area contributed by atoms with Crippen molar-refractivity contribution in [3.05, 3.63) is 47.2 Å². The summed E-state index contributed by atoms with van der Waals surface area (Å²) in [7, 11) is 1.62. The van der Waals surface area contributed by atoms with Crippen LogP contribution >= 0.6 is 0 Å². The van der Waals surface area contributed by atoms with E-state index in [0.29, 0.717) is 36.2 Å². The van der Waals surface area contributed by atoms with Crippen molar-refractivity contribution in [3.8, 4) is 17.3 Å². The summed E-state index contributed by atoms with van der Waals surface area (Å²) in [5.41, 5.74) is 2.80. The lowest BCUT2D eigenvalue weighted by Crippen LogP contribution is -2.30. The number of carbonyl (C=O) groups is 1. The summed E-state index contributed by atoms with van der Waals surface area (Å²) in [5, 5.41) is 16.7. The number of piperidine rings is 1. The number of anilines is 2. The predicted octanol–water partition coefficient (Wildman–Crippen LogP) is 3.84. The van der Waals surface area contributed by atoms with Gasteiger partial charge in [-0.2, -0.15) is 9.78 Å². The number of hydrogen-bond acceptors (Lipinski definition) is 7. The maximum Gasteiger partial charge on any atom is 0.226 e. The molecule has 3 aromatic rings. The van der Waals surface area contributed by atoms with Gasteiger partial charge in [-0.1, -0.05) is 6.07 Å². The maximum atomic E-state index is 12.7. The topological polar surface area (TPSA) is 94.4 Å². The van der Waals surface area contributed by atoms with E-state index in [0.717, 1.165) is 35.7 Å². The number of aryl methyl sites for hydroxylation is 1. The Bertz CT molecular complexity index is 1180. The Morgan fingerprint density at radius 1 is 1.06 bits per heavy atom. The lowest BCUT2D eigenvalue weighted by Gasteiger charge is -2.27. The van der Waals surface area contributed by atoms with Crippen LogP contribution in [-0.4, -0.2) is 52.7 Å². The summed E-state index contributed by atoms with van der Waals surface area (Å²) in [6.45, 7) is 6.46. The van der Waals surface area contributed by atoms with Crippen molar-refractivity contribution in [3.63, 3.8) is 0 Å². The summed E-state index contributed by atoms with van der Waals surface area (Å²) < 4.78 is 12.9. The highest BCUT2D eigenvalue weighted by Gasteiger charge is 2.33. The number of nitrogens with one attached hydrogen (secondary N) is 1. The highest BCUT2D eigenvalue weighted by atomic mass is 16.5. The molecule has 34 heavy (non-hydrogen) atoms. The molecule has 0 saturated carbocycles. The Balaban J connectivity index is 1.50. The van der Waals surface area contributed by atoms with Crippen LogP contribution in [0.3, 0.4) is 0 Å². The fourth-order valence-corrected chi connectivity index (χ4v) is 4.90. The van der Waals surface area contributed by atoms with Gasteiger partial charge < -0.3 is 19.7 Å². The third kappa shape index (κ3) is 4.06. The molecule has 1 fully saturated rings. The molecule has 0 aliphatic carbocycles. The van der Waals surface area contributed by atoms with Gasteiger partial charge in [0, 0.05) is 31.0 Å². The van der Waals surface area contributed by atoms with Crippen molar-refractivity contribution < 1.29 is 14.3 Å². The summed E-state index contributed by atoms with van der Waals surface area (Å²) in [6.07, 6.45) is 3.95. The van der Waals surface area contributed by atoms with Gasteiger partial charge in [0.15, 0.2) is 23.1 Å². The minimum Gasteiger partial charge on any atom is -0.493 e. The van der Waals surface area contributed by atoms with Gasteiger partial charge in [-0.05, 0) is 62.9 Å². The van der Waals surface area contributed by atoms with Crippen LogP contribution in [0.2, 0.25) is 0 Å². The van der Waals surface area contributed by atoms with Crippen LogP contribution in [0.1, 0.15) is 55.3 Å². The average molecular weight is 463 g/mol. The molecule has 5 rings (SSSR count). The number of amides is 1. The largest absolute Gasteiger partial charge is 0.493 e. The van der Waals surface area contributed by atoms with E-state index in [1.807, 2.05) is 44.2 Å². The molecule has 1 amide bonds. The highest BCUT2D eigenvalue weighted by molar-refractivity contribution is 5.95. The molecule has 178 valence electrons. The smallest absolute Gasteiger partial charge is 0.226 e. The highest BCUT2D eigenvalue weighted by Crippen LogP contribution is 2.42. The molecule has 9 heteroatoms. The van der Waals surface area contributed by atoms with E-state index >= 15 is 0 Å². The number of aromatic nitrogens is 4. The van der Waals surface area contributed by atoms with Crippen molar-refractivity contribution in [1.29, 1.82) is 0 Å².